The Balaban J connectivity index is 1.71. The molecule has 17 heavy (non-hydrogen) atoms. The van der Waals surface area contributed by atoms with Crippen molar-refractivity contribution in [3.63, 3.8) is 0 Å². The van der Waals surface area contributed by atoms with E-state index in [4.69, 9.17) is 0 Å². The molecule has 0 aliphatic heterocycles. The number of nitrogens with zero attached hydrogens (tertiary/aromatic N) is 2. The van der Waals surface area contributed by atoms with Crippen LogP contribution in [0.25, 0.3) is 0 Å². The van der Waals surface area contributed by atoms with Crippen LogP contribution in [0.3, 0.4) is 0 Å². The third kappa shape index (κ3) is 1.43. The van der Waals surface area contributed by atoms with Crippen LogP contribution in [0.5, 0.6) is 0 Å². The summed E-state index contributed by atoms with van der Waals surface area (Å²) in [5, 5.41) is 0. The van der Waals surface area contributed by atoms with E-state index in [1.165, 1.54) is 30.8 Å². The lowest BCUT2D eigenvalue weighted by Crippen LogP contribution is -2.50. The first-order chi connectivity index (χ1) is 8.25. The Labute approximate surface area is 105 Å². The van der Waals surface area contributed by atoms with Gasteiger partial charge in [-0.2, -0.15) is 4.37 Å². The number of Topliss-reactive ketones (excluding diaryl/α,β-unsaturated/α-hetero) is 1. The zero-order valence-electron chi connectivity index (χ0n) is 9.76. The fourth-order valence-corrected chi connectivity index (χ4v) is 5.32. The van der Waals surface area contributed by atoms with Crippen molar-refractivity contribution in [1.82, 2.24) is 9.36 Å². The number of rotatable bonds is 2. The van der Waals surface area contributed by atoms with Crippen LogP contribution < -0.4 is 0 Å². The molecule has 4 aliphatic carbocycles. The average Bonchev–Trinajstić information content (AvgIpc) is 2.79. The van der Waals surface area contributed by atoms with Gasteiger partial charge in [-0.3, -0.25) is 4.79 Å². The summed E-state index contributed by atoms with van der Waals surface area (Å²) in [6.07, 6.45) is 7.44. The van der Waals surface area contributed by atoms with E-state index in [1.807, 2.05) is 0 Å². The van der Waals surface area contributed by atoms with Crippen LogP contribution in [0, 0.1) is 23.2 Å². The summed E-state index contributed by atoms with van der Waals surface area (Å²) in [7, 11) is 0. The SMILES string of the molecule is O=C(c1ncsn1)C12CC3CC(CC(C3)C1)C2. The maximum absolute atomic E-state index is 12.6. The molecule has 0 amide bonds. The maximum Gasteiger partial charge on any atom is 0.209 e. The third-order valence-corrected chi connectivity index (χ3v) is 5.56. The van der Waals surface area contributed by atoms with Gasteiger partial charge in [-0.15, -0.1) is 0 Å². The molecule has 0 saturated heterocycles. The van der Waals surface area contributed by atoms with Crippen LogP contribution >= 0.6 is 11.5 Å². The van der Waals surface area contributed by atoms with E-state index < -0.39 is 0 Å². The first-order valence-corrected chi connectivity index (χ1v) is 7.40. The molecular weight excluding hydrogens is 232 g/mol. The van der Waals surface area contributed by atoms with E-state index in [1.54, 1.807) is 5.51 Å². The van der Waals surface area contributed by atoms with Crippen LogP contribution in [0.4, 0.5) is 0 Å². The molecule has 5 rings (SSSR count). The largest absolute Gasteiger partial charge is 0.290 e. The van der Waals surface area contributed by atoms with E-state index in [2.05, 4.69) is 9.36 Å². The van der Waals surface area contributed by atoms with Gasteiger partial charge in [0.05, 0.1) is 0 Å². The van der Waals surface area contributed by atoms with Crippen molar-refractivity contribution in [3.8, 4) is 0 Å². The highest BCUT2D eigenvalue weighted by Gasteiger charge is 2.55. The molecule has 1 aromatic heterocycles. The van der Waals surface area contributed by atoms with Gasteiger partial charge in [-0.25, -0.2) is 4.98 Å². The Morgan fingerprint density at radius 3 is 2.24 bits per heavy atom. The standard InChI is InChI=1S/C13H16N2OS/c16-11(12-14-7-17-15-12)13-4-8-1-9(5-13)3-10(2-8)6-13/h7-10H,1-6H2. The fourth-order valence-electron chi connectivity index (χ4n) is 4.90. The molecule has 0 aromatic carbocycles. The van der Waals surface area contributed by atoms with Gasteiger partial charge in [-0.05, 0) is 67.8 Å². The molecular formula is C13H16N2OS. The minimum atomic E-state index is -0.0736. The van der Waals surface area contributed by atoms with Crippen LogP contribution in [-0.2, 0) is 0 Å². The number of hydrogen-bond acceptors (Lipinski definition) is 4. The summed E-state index contributed by atoms with van der Waals surface area (Å²) in [5.41, 5.74) is 1.60. The summed E-state index contributed by atoms with van der Waals surface area (Å²) < 4.78 is 4.15. The van der Waals surface area contributed by atoms with Crippen molar-refractivity contribution in [3.05, 3.63) is 11.3 Å². The maximum atomic E-state index is 12.6. The summed E-state index contributed by atoms with van der Waals surface area (Å²) in [6.45, 7) is 0. The predicted octanol–water partition coefficient (Wildman–Crippen LogP) is 2.94. The number of carbonyl (C=O) groups is 1. The molecule has 90 valence electrons. The van der Waals surface area contributed by atoms with Gasteiger partial charge < -0.3 is 0 Å². The van der Waals surface area contributed by atoms with Gasteiger partial charge in [0.25, 0.3) is 0 Å². The summed E-state index contributed by atoms with van der Waals surface area (Å²) >= 11 is 1.29. The smallest absolute Gasteiger partial charge is 0.209 e. The molecule has 0 unspecified atom stereocenters. The lowest BCUT2D eigenvalue weighted by atomic mass is 9.48. The summed E-state index contributed by atoms with van der Waals surface area (Å²) in [5.74, 6) is 3.16. The molecule has 0 atom stereocenters. The van der Waals surface area contributed by atoms with Crippen LogP contribution in [0.2, 0.25) is 0 Å². The second-order valence-electron chi connectivity index (χ2n) is 6.28. The van der Waals surface area contributed by atoms with Crippen LogP contribution in [0.15, 0.2) is 5.51 Å². The molecule has 4 bridgehead atoms. The molecule has 0 radical (unpaired) electrons. The minimum absolute atomic E-state index is 0.0736. The molecule has 0 spiro atoms. The van der Waals surface area contributed by atoms with E-state index in [0.717, 1.165) is 37.0 Å². The Hall–Kier alpha value is -0.770. The van der Waals surface area contributed by atoms with Gasteiger partial charge in [0, 0.05) is 5.41 Å². The Kier molecular flexibility index (Phi) is 2.02. The Morgan fingerprint density at radius 2 is 1.76 bits per heavy atom. The van der Waals surface area contributed by atoms with Crippen molar-refractivity contribution >= 4 is 17.3 Å². The number of aromatic nitrogens is 2. The van der Waals surface area contributed by atoms with Crippen LogP contribution in [0.1, 0.15) is 49.1 Å². The van der Waals surface area contributed by atoms with E-state index in [-0.39, 0.29) is 11.2 Å². The van der Waals surface area contributed by atoms with Gasteiger partial charge in [-0.1, -0.05) is 0 Å². The number of hydrogen-bond donors (Lipinski definition) is 0. The van der Waals surface area contributed by atoms with Crippen molar-refractivity contribution in [2.24, 2.45) is 23.2 Å². The van der Waals surface area contributed by atoms with Crippen LogP contribution in [-0.4, -0.2) is 15.1 Å². The van der Waals surface area contributed by atoms with E-state index in [9.17, 15) is 4.79 Å². The monoisotopic (exact) mass is 248 g/mol. The highest BCUT2D eigenvalue weighted by Crippen LogP contribution is 2.60. The van der Waals surface area contributed by atoms with Crippen molar-refractivity contribution < 1.29 is 4.79 Å². The normalized spacial score (nSPS) is 42.9. The first-order valence-electron chi connectivity index (χ1n) is 6.56. The zero-order valence-corrected chi connectivity index (χ0v) is 10.6. The molecule has 4 heteroatoms. The van der Waals surface area contributed by atoms with Gasteiger partial charge in [0.15, 0.2) is 0 Å². The predicted molar refractivity (Wildman–Crippen MR) is 64.8 cm³/mol. The molecule has 1 heterocycles. The lowest BCUT2D eigenvalue weighted by Gasteiger charge is -2.55. The third-order valence-electron chi connectivity index (χ3n) is 5.08. The minimum Gasteiger partial charge on any atom is -0.290 e. The lowest BCUT2D eigenvalue weighted by molar-refractivity contribution is -0.0357. The molecule has 3 nitrogen and oxygen atoms in total. The van der Waals surface area contributed by atoms with Gasteiger partial charge in [0.2, 0.25) is 11.6 Å². The van der Waals surface area contributed by atoms with Gasteiger partial charge >= 0.3 is 0 Å². The molecule has 0 N–H and O–H groups in total. The van der Waals surface area contributed by atoms with Crippen molar-refractivity contribution in [2.75, 3.05) is 0 Å². The van der Waals surface area contributed by atoms with Crippen molar-refractivity contribution in [2.45, 2.75) is 38.5 Å². The molecule has 1 aromatic rings. The second kappa shape index (κ2) is 3.37. The van der Waals surface area contributed by atoms with E-state index >= 15 is 0 Å². The quantitative estimate of drug-likeness (QED) is 0.756. The summed E-state index contributed by atoms with van der Waals surface area (Å²) in [6, 6.07) is 0. The Bertz CT molecular complexity index is 419. The summed E-state index contributed by atoms with van der Waals surface area (Å²) in [4.78, 5) is 16.8. The zero-order chi connectivity index (χ0) is 11.5. The fraction of sp³-hybridized carbons (Fsp3) is 0.769. The number of ketones is 1. The number of carbonyl (C=O) groups excluding carboxylic acids is 1. The second-order valence-corrected chi connectivity index (χ2v) is 6.89. The average molecular weight is 248 g/mol. The van der Waals surface area contributed by atoms with Crippen molar-refractivity contribution in [1.29, 1.82) is 0 Å². The highest BCUT2D eigenvalue weighted by atomic mass is 32.1. The van der Waals surface area contributed by atoms with E-state index in [0.29, 0.717) is 5.82 Å². The highest BCUT2D eigenvalue weighted by molar-refractivity contribution is 7.03. The van der Waals surface area contributed by atoms with Gasteiger partial charge in [0.1, 0.15) is 5.51 Å². The Morgan fingerprint density at radius 1 is 1.18 bits per heavy atom. The molecule has 4 fully saturated rings. The topological polar surface area (TPSA) is 42.9 Å². The molecule has 4 aliphatic rings. The molecule has 4 saturated carbocycles. The first kappa shape index (κ1) is 10.2.